The van der Waals surface area contributed by atoms with Crippen LogP contribution in [0.25, 0.3) is 0 Å². The van der Waals surface area contributed by atoms with Crippen LogP contribution in [0.1, 0.15) is 6.42 Å². The zero-order valence-corrected chi connectivity index (χ0v) is 8.35. The van der Waals surface area contributed by atoms with E-state index in [1.165, 1.54) is 6.42 Å². The highest BCUT2D eigenvalue weighted by Crippen LogP contribution is 2.15. The molecular formula is C7H17NO2Si. The molecule has 1 saturated heterocycles. The van der Waals surface area contributed by atoms with Crippen molar-refractivity contribution in [2.75, 3.05) is 26.8 Å². The fourth-order valence-electron chi connectivity index (χ4n) is 1.23. The third-order valence-electron chi connectivity index (χ3n) is 2.10. The number of nitrogens with one attached hydrogen (secondary N) is 1. The minimum Gasteiger partial charge on any atom is -0.398 e. The number of rotatable bonds is 1. The van der Waals surface area contributed by atoms with E-state index in [0.29, 0.717) is 0 Å². The van der Waals surface area contributed by atoms with Crippen molar-refractivity contribution in [2.24, 2.45) is 0 Å². The molecular weight excluding hydrogens is 158 g/mol. The second kappa shape index (κ2) is 4.20. The minimum absolute atomic E-state index is 0.802. The average molecular weight is 175 g/mol. The first-order valence-corrected chi connectivity index (χ1v) is 6.69. The van der Waals surface area contributed by atoms with Gasteiger partial charge in [-0.3, -0.25) is 0 Å². The topological polar surface area (TPSA) is 30.5 Å². The van der Waals surface area contributed by atoms with Gasteiger partial charge in [0, 0.05) is 20.3 Å². The molecule has 0 spiro atoms. The highest BCUT2D eigenvalue weighted by atomic mass is 28.4. The maximum atomic E-state index is 5.67. The molecule has 0 aromatic heterocycles. The monoisotopic (exact) mass is 175 g/mol. The summed E-state index contributed by atoms with van der Waals surface area (Å²) >= 11 is 0. The molecule has 1 atom stereocenters. The lowest BCUT2D eigenvalue weighted by molar-refractivity contribution is 0.198. The summed E-state index contributed by atoms with van der Waals surface area (Å²) in [4.78, 5) is 0. The molecule has 0 amide bonds. The van der Waals surface area contributed by atoms with Crippen molar-refractivity contribution in [3.8, 4) is 0 Å². The van der Waals surface area contributed by atoms with E-state index < -0.39 is 8.56 Å². The largest absolute Gasteiger partial charge is 0.398 e. The third-order valence-corrected chi connectivity index (χ3v) is 5.04. The van der Waals surface area contributed by atoms with Crippen LogP contribution in [0.4, 0.5) is 0 Å². The van der Waals surface area contributed by atoms with Crippen LogP contribution >= 0.6 is 0 Å². The van der Waals surface area contributed by atoms with Gasteiger partial charge >= 0.3 is 8.56 Å². The molecule has 0 radical (unpaired) electrons. The molecule has 1 aliphatic heterocycles. The molecule has 0 aromatic rings. The molecule has 0 aromatic carbocycles. The van der Waals surface area contributed by atoms with Crippen LogP contribution < -0.4 is 5.32 Å². The van der Waals surface area contributed by atoms with E-state index in [1.807, 2.05) is 0 Å². The summed E-state index contributed by atoms with van der Waals surface area (Å²) in [6, 6.07) is 1.11. The summed E-state index contributed by atoms with van der Waals surface area (Å²) in [5.41, 5.74) is 0. The average Bonchev–Trinajstić information content (AvgIpc) is 1.98. The standard InChI is InChI=1S/C7H17NO2Si/c1-9-11(2)7-3-4-8-5-6-10-11/h8H,3-7H2,1-2H3. The normalized spacial score (nSPS) is 34.4. The molecule has 0 saturated carbocycles. The van der Waals surface area contributed by atoms with Gasteiger partial charge in [-0.15, -0.1) is 0 Å². The fourth-order valence-corrected chi connectivity index (χ4v) is 3.05. The second-order valence-electron chi connectivity index (χ2n) is 3.04. The Balaban J connectivity index is 2.37. The van der Waals surface area contributed by atoms with Crippen molar-refractivity contribution < 1.29 is 8.85 Å². The summed E-state index contributed by atoms with van der Waals surface area (Å²) in [5.74, 6) is 0. The van der Waals surface area contributed by atoms with E-state index in [4.69, 9.17) is 8.85 Å². The molecule has 1 N–H and O–H groups in total. The fraction of sp³-hybridized carbons (Fsp3) is 1.00. The van der Waals surface area contributed by atoms with E-state index >= 15 is 0 Å². The highest BCUT2D eigenvalue weighted by molar-refractivity contribution is 6.65. The van der Waals surface area contributed by atoms with E-state index in [2.05, 4.69) is 11.9 Å². The Hall–Kier alpha value is 0.0969. The Morgan fingerprint density at radius 2 is 2.27 bits per heavy atom. The Morgan fingerprint density at radius 3 is 3.00 bits per heavy atom. The number of hydrogen-bond acceptors (Lipinski definition) is 3. The molecule has 4 heteroatoms. The molecule has 0 bridgehead atoms. The third kappa shape index (κ3) is 2.90. The van der Waals surface area contributed by atoms with Crippen LogP contribution in [0, 0.1) is 0 Å². The van der Waals surface area contributed by atoms with Crippen molar-refractivity contribution in [2.45, 2.75) is 19.0 Å². The van der Waals surface area contributed by atoms with Gasteiger partial charge in [0.2, 0.25) is 0 Å². The van der Waals surface area contributed by atoms with Crippen LogP contribution in [0.5, 0.6) is 0 Å². The Morgan fingerprint density at radius 1 is 1.45 bits per heavy atom. The lowest BCUT2D eigenvalue weighted by atomic mass is 10.5. The van der Waals surface area contributed by atoms with E-state index in [-0.39, 0.29) is 0 Å². The maximum absolute atomic E-state index is 5.67. The lowest BCUT2D eigenvalue weighted by Gasteiger charge is -2.27. The van der Waals surface area contributed by atoms with Crippen molar-refractivity contribution >= 4 is 8.56 Å². The van der Waals surface area contributed by atoms with Crippen LogP contribution in [0.2, 0.25) is 12.6 Å². The van der Waals surface area contributed by atoms with E-state index in [0.717, 1.165) is 25.7 Å². The van der Waals surface area contributed by atoms with Gasteiger partial charge in [-0.1, -0.05) is 0 Å². The number of hydrogen-bond donors (Lipinski definition) is 1. The Bertz CT molecular complexity index is 113. The first kappa shape index (κ1) is 9.19. The van der Waals surface area contributed by atoms with Gasteiger partial charge < -0.3 is 14.2 Å². The van der Waals surface area contributed by atoms with Gasteiger partial charge in [0.25, 0.3) is 0 Å². The van der Waals surface area contributed by atoms with Crippen LogP contribution in [0.3, 0.4) is 0 Å². The first-order chi connectivity index (χ1) is 5.27. The van der Waals surface area contributed by atoms with Crippen LogP contribution in [-0.4, -0.2) is 35.4 Å². The summed E-state index contributed by atoms with van der Waals surface area (Å²) < 4.78 is 11.1. The lowest BCUT2D eigenvalue weighted by Crippen LogP contribution is -2.42. The molecule has 1 heterocycles. The summed E-state index contributed by atoms with van der Waals surface area (Å²) in [6.07, 6.45) is 1.18. The maximum Gasteiger partial charge on any atom is 0.334 e. The van der Waals surface area contributed by atoms with Gasteiger partial charge in [0.15, 0.2) is 0 Å². The van der Waals surface area contributed by atoms with Crippen molar-refractivity contribution in [1.82, 2.24) is 5.32 Å². The molecule has 3 nitrogen and oxygen atoms in total. The predicted octanol–water partition coefficient (Wildman–Crippen LogP) is 0.715. The molecule has 11 heavy (non-hydrogen) atoms. The molecule has 66 valence electrons. The van der Waals surface area contributed by atoms with Gasteiger partial charge in [0.1, 0.15) is 0 Å². The Labute approximate surface area is 69.3 Å². The second-order valence-corrected chi connectivity index (χ2v) is 6.50. The highest BCUT2D eigenvalue weighted by Gasteiger charge is 2.29. The van der Waals surface area contributed by atoms with Gasteiger partial charge in [-0.05, 0) is 25.6 Å². The quantitative estimate of drug-likeness (QED) is 0.596. The van der Waals surface area contributed by atoms with E-state index in [1.54, 1.807) is 7.11 Å². The molecule has 1 rings (SSSR count). The van der Waals surface area contributed by atoms with Crippen molar-refractivity contribution in [3.05, 3.63) is 0 Å². The molecule has 1 fully saturated rings. The smallest absolute Gasteiger partial charge is 0.334 e. The summed E-state index contributed by atoms with van der Waals surface area (Å²) in [6.45, 7) is 5.01. The van der Waals surface area contributed by atoms with Gasteiger partial charge in [0.05, 0.1) is 0 Å². The SMILES string of the molecule is CO[Si]1(C)CCCNCCO1. The molecule has 1 unspecified atom stereocenters. The Kier molecular flexibility index (Phi) is 3.51. The van der Waals surface area contributed by atoms with Gasteiger partial charge in [-0.25, -0.2) is 0 Å². The minimum atomic E-state index is -1.73. The van der Waals surface area contributed by atoms with Crippen LogP contribution in [-0.2, 0) is 8.85 Å². The predicted molar refractivity (Wildman–Crippen MR) is 46.9 cm³/mol. The summed E-state index contributed by atoms with van der Waals surface area (Å²) in [5, 5.41) is 3.29. The first-order valence-electron chi connectivity index (χ1n) is 4.17. The van der Waals surface area contributed by atoms with Crippen molar-refractivity contribution in [3.63, 3.8) is 0 Å². The zero-order chi connectivity index (χ0) is 8.16. The summed E-state index contributed by atoms with van der Waals surface area (Å²) in [7, 11) is 0.0320. The molecule has 0 aliphatic carbocycles. The van der Waals surface area contributed by atoms with Crippen LogP contribution in [0.15, 0.2) is 0 Å². The van der Waals surface area contributed by atoms with Gasteiger partial charge in [-0.2, -0.15) is 0 Å². The van der Waals surface area contributed by atoms with E-state index in [9.17, 15) is 0 Å². The zero-order valence-electron chi connectivity index (χ0n) is 7.35. The van der Waals surface area contributed by atoms with Crippen molar-refractivity contribution in [1.29, 1.82) is 0 Å². The molecule has 1 aliphatic rings.